The van der Waals surface area contributed by atoms with Crippen LogP contribution in [-0.4, -0.2) is 37.9 Å². The minimum Gasteiger partial charge on any atom is -0.380 e. The highest BCUT2D eigenvalue weighted by Gasteiger charge is 2.16. The molecule has 1 aromatic heterocycles. The van der Waals surface area contributed by atoms with Gasteiger partial charge in [0.2, 0.25) is 5.91 Å². The fourth-order valence-electron chi connectivity index (χ4n) is 2.75. The zero-order chi connectivity index (χ0) is 20.0. The summed E-state index contributed by atoms with van der Waals surface area (Å²) in [6.45, 7) is 3.64. The maximum Gasteiger partial charge on any atom is 0.249 e. The summed E-state index contributed by atoms with van der Waals surface area (Å²) < 4.78 is 33.1. The summed E-state index contributed by atoms with van der Waals surface area (Å²) in [6, 6.07) is 16.0. The lowest BCUT2D eigenvalue weighted by Gasteiger charge is -2.05. The molecule has 0 bridgehead atoms. The molecule has 0 unspecified atom stereocenters. The number of ether oxygens (including phenoxy) is 1. The van der Waals surface area contributed by atoms with Crippen molar-refractivity contribution in [3.05, 3.63) is 59.4 Å². The molecule has 0 aliphatic heterocycles. The SMILES string of the molecule is CCOCCn1c(=NC(=O)CCS(=O)(=O)c2ccccc2)sc2ccccc21. The summed E-state index contributed by atoms with van der Waals surface area (Å²) in [5.41, 5.74) is 0.982. The number of rotatable bonds is 8. The van der Waals surface area contributed by atoms with Crippen LogP contribution in [-0.2, 0) is 25.9 Å². The first-order chi connectivity index (χ1) is 13.5. The normalized spacial score (nSPS) is 12.5. The minimum absolute atomic E-state index is 0.156. The molecule has 2 aromatic carbocycles. The standard InChI is InChI=1S/C20H22N2O4S2/c1-2-26-14-13-22-17-10-6-7-11-18(17)27-20(22)21-19(23)12-15-28(24,25)16-8-4-3-5-9-16/h3-11H,2,12-15H2,1H3. The Labute approximate surface area is 168 Å². The van der Waals surface area contributed by atoms with Crippen molar-refractivity contribution in [2.24, 2.45) is 4.99 Å². The lowest BCUT2D eigenvalue weighted by molar-refractivity contribution is -0.117. The van der Waals surface area contributed by atoms with Crippen LogP contribution in [0.15, 0.2) is 64.5 Å². The Kier molecular flexibility index (Phi) is 6.77. The van der Waals surface area contributed by atoms with E-state index in [9.17, 15) is 13.2 Å². The Balaban J connectivity index is 1.81. The average Bonchev–Trinajstić information content (AvgIpc) is 3.04. The Morgan fingerprint density at radius 1 is 1.11 bits per heavy atom. The molecule has 1 amide bonds. The number of aromatic nitrogens is 1. The molecule has 148 valence electrons. The molecule has 0 aliphatic rings. The van der Waals surface area contributed by atoms with E-state index in [0.717, 1.165) is 10.2 Å². The number of nitrogens with zero attached hydrogens (tertiary/aromatic N) is 2. The Morgan fingerprint density at radius 2 is 1.82 bits per heavy atom. The molecule has 0 N–H and O–H groups in total. The molecule has 0 radical (unpaired) electrons. The van der Waals surface area contributed by atoms with Crippen LogP contribution in [0.3, 0.4) is 0 Å². The fraction of sp³-hybridized carbons (Fsp3) is 0.300. The quantitative estimate of drug-likeness (QED) is 0.527. The van der Waals surface area contributed by atoms with E-state index >= 15 is 0 Å². The number of carbonyl (C=O) groups is 1. The monoisotopic (exact) mass is 418 g/mol. The number of thiazole rings is 1. The molecular formula is C20H22N2O4S2. The largest absolute Gasteiger partial charge is 0.380 e. The maximum atomic E-state index is 12.4. The van der Waals surface area contributed by atoms with E-state index in [-0.39, 0.29) is 17.1 Å². The van der Waals surface area contributed by atoms with E-state index in [0.29, 0.717) is 24.6 Å². The smallest absolute Gasteiger partial charge is 0.249 e. The van der Waals surface area contributed by atoms with E-state index in [4.69, 9.17) is 4.74 Å². The van der Waals surface area contributed by atoms with Gasteiger partial charge in [-0.1, -0.05) is 41.7 Å². The average molecular weight is 419 g/mol. The molecule has 6 nitrogen and oxygen atoms in total. The number of amides is 1. The molecule has 0 atom stereocenters. The topological polar surface area (TPSA) is 77.7 Å². The molecule has 1 heterocycles. The number of para-hydroxylation sites is 1. The van der Waals surface area contributed by atoms with E-state index in [2.05, 4.69) is 4.99 Å². The number of carbonyl (C=O) groups excluding carboxylic acids is 1. The number of hydrogen-bond donors (Lipinski definition) is 0. The van der Waals surface area contributed by atoms with Gasteiger partial charge in [-0.2, -0.15) is 4.99 Å². The molecule has 0 saturated heterocycles. The molecule has 3 rings (SSSR count). The van der Waals surface area contributed by atoms with Crippen molar-refractivity contribution < 1.29 is 17.9 Å². The van der Waals surface area contributed by atoms with Gasteiger partial charge < -0.3 is 9.30 Å². The molecule has 0 spiro atoms. The lowest BCUT2D eigenvalue weighted by atomic mass is 10.3. The van der Waals surface area contributed by atoms with E-state index in [1.165, 1.54) is 23.5 Å². The predicted molar refractivity (Wildman–Crippen MR) is 110 cm³/mol. The zero-order valence-electron chi connectivity index (χ0n) is 15.6. The van der Waals surface area contributed by atoms with Gasteiger partial charge >= 0.3 is 0 Å². The third-order valence-electron chi connectivity index (χ3n) is 4.16. The minimum atomic E-state index is -3.50. The summed E-state index contributed by atoms with van der Waals surface area (Å²) in [5.74, 6) is -0.709. The van der Waals surface area contributed by atoms with Crippen molar-refractivity contribution in [3.8, 4) is 0 Å². The van der Waals surface area contributed by atoms with E-state index < -0.39 is 15.7 Å². The second-order valence-electron chi connectivity index (χ2n) is 6.09. The van der Waals surface area contributed by atoms with Crippen LogP contribution in [0.1, 0.15) is 13.3 Å². The molecular weight excluding hydrogens is 396 g/mol. The van der Waals surface area contributed by atoms with Crippen molar-refractivity contribution in [3.63, 3.8) is 0 Å². The number of fused-ring (bicyclic) bond motifs is 1. The second-order valence-corrected chi connectivity index (χ2v) is 9.21. The van der Waals surface area contributed by atoms with Gasteiger partial charge in [-0.25, -0.2) is 8.42 Å². The van der Waals surface area contributed by atoms with Crippen molar-refractivity contribution in [1.29, 1.82) is 0 Å². The van der Waals surface area contributed by atoms with Crippen LogP contribution >= 0.6 is 11.3 Å². The van der Waals surface area contributed by atoms with Crippen molar-refractivity contribution in [1.82, 2.24) is 4.57 Å². The Morgan fingerprint density at radius 3 is 2.57 bits per heavy atom. The zero-order valence-corrected chi connectivity index (χ0v) is 17.2. The third-order valence-corrected chi connectivity index (χ3v) is 6.95. The van der Waals surface area contributed by atoms with Crippen LogP contribution in [0, 0.1) is 0 Å². The summed E-state index contributed by atoms with van der Waals surface area (Å²) in [4.78, 5) is 17.4. The van der Waals surface area contributed by atoms with Gasteiger partial charge in [-0.3, -0.25) is 4.79 Å². The number of hydrogen-bond acceptors (Lipinski definition) is 5. The van der Waals surface area contributed by atoms with Gasteiger partial charge in [-0.05, 0) is 31.2 Å². The highest BCUT2D eigenvalue weighted by Crippen LogP contribution is 2.17. The predicted octanol–water partition coefficient (Wildman–Crippen LogP) is 3.03. The summed E-state index contributed by atoms with van der Waals surface area (Å²) in [5, 5.41) is 0. The maximum absolute atomic E-state index is 12.4. The second kappa shape index (κ2) is 9.27. The molecule has 28 heavy (non-hydrogen) atoms. The van der Waals surface area contributed by atoms with Crippen LogP contribution in [0.2, 0.25) is 0 Å². The van der Waals surface area contributed by atoms with E-state index in [1.54, 1.807) is 18.2 Å². The highest BCUT2D eigenvalue weighted by atomic mass is 32.2. The van der Waals surface area contributed by atoms with Crippen LogP contribution in [0.4, 0.5) is 0 Å². The fourth-order valence-corrected chi connectivity index (χ4v) is 5.08. The lowest BCUT2D eigenvalue weighted by Crippen LogP contribution is -2.20. The first kappa shape index (κ1) is 20.4. The summed E-state index contributed by atoms with van der Waals surface area (Å²) in [6.07, 6.45) is -0.156. The van der Waals surface area contributed by atoms with Gasteiger partial charge in [0.1, 0.15) is 0 Å². The molecule has 0 fully saturated rings. The van der Waals surface area contributed by atoms with Gasteiger partial charge in [-0.15, -0.1) is 0 Å². The Bertz CT molecular complexity index is 1120. The first-order valence-electron chi connectivity index (χ1n) is 9.03. The van der Waals surface area contributed by atoms with Crippen LogP contribution in [0.25, 0.3) is 10.2 Å². The molecule has 0 aliphatic carbocycles. The van der Waals surface area contributed by atoms with Gasteiger partial charge in [0.15, 0.2) is 14.6 Å². The first-order valence-corrected chi connectivity index (χ1v) is 11.5. The Hall–Kier alpha value is -2.29. The van der Waals surface area contributed by atoms with Crippen molar-refractivity contribution >= 4 is 37.3 Å². The summed E-state index contributed by atoms with van der Waals surface area (Å²) in [7, 11) is -3.50. The highest BCUT2D eigenvalue weighted by molar-refractivity contribution is 7.91. The van der Waals surface area contributed by atoms with Crippen molar-refractivity contribution in [2.45, 2.75) is 24.8 Å². The van der Waals surface area contributed by atoms with Gasteiger partial charge in [0, 0.05) is 19.6 Å². The molecule has 8 heteroatoms. The number of sulfone groups is 1. The third kappa shape index (κ3) is 4.95. The molecule has 3 aromatic rings. The molecule has 0 saturated carbocycles. The van der Waals surface area contributed by atoms with E-state index in [1.807, 2.05) is 35.8 Å². The van der Waals surface area contributed by atoms with Crippen molar-refractivity contribution in [2.75, 3.05) is 19.0 Å². The van der Waals surface area contributed by atoms with Gasteiger partial charge in [0.25, 0.3) is 0 Å². The summed E-state index contributed by atoms with van der Waals surface area (Å²) >= 11 is 1.41. The van der Waals surface area contributed by atoms with Crippen LogP contribution < -0.4 is 4.80 Å². The van der Waals surface area contributed by atoms with Gasteiger partial charge in [0.05, 0.1) is 27.5 Å². The number of benzene rings is 2. The van der Waals surface area contributed by atoms with Crippen LogP contribution in [0.5, 0.6) is 0 Å².